The second kappa shape index (κ2) is 8.14. The molecule has 0 unspecified atom stereocenters. The topological polar surface area (TPSA) is 70.4 Å². The molecule has 4 rings (SSSR count). The van der Waals surface area contributed by atoms with Crippen LogP contribution in [0.5, 0.6) is 5.75 Å². The highest BCUT2D eigenvalue weighted by atomic mass is 32.1. The first-order valence-corrected chi connectivity index (χ1v) is 10.3. The lowest BCUT2D eigenvalue weighted by molar-refractivity contribution is -0.151. The number of hydrogen-bond acceptors (Lipinski definition) is 6. The monoisotopic (exact) mass is 398 g/mol. The van der Waals surface area contributed by atoms with Crippen LogP contribution in [-0.2, 0) is 16.1 Å². The number of esters is 1. The van der Waals surface area contributed by atoms with Crippen molar-refractivity contribution in [2.45, 2.75) is 44.8 Å². The maximum atomic E-state index is 13.0. The van der Waals surface area contributed by atoms with Crippen LogP contribution in [0.25, 0.3) is 21.3 Å². The van der Waals surface area contributed by atoms with Crippen LogP contribution in [0.2, 0.25) is 0 Å². The molecule has 1 aromatic carbocycles. The molecule has 146 valence electrons. The van der Waals surface area contributed by atoms with E-state index in [0.29, 0.717) is 10.2 Å². The Morgan fingerprint density at radius 3 is 2.68 bits per heavy atom. The molecule has 0 spiro atoms. The SMILES string of the molecule is COc1ccc(-c2csc3ncn(CC(=O)OC4CCCCC4)c(=O)c23)cc1. The summed E-state index contributed by atoms with van der Waals surface area (Å²) in [6.07, 6.45) is 6.59. The molecule has 1 aliphatic carbocycles. The van der Waals surface area contributed by atoms with Crippen LogP contribution in [0.1, 0.15) is 32.1 Å². The molecule has 2 aromatic heterocycles. The summed E-state index contributed by atoms with van der Waals surface area (Å²) in [6.45, 7) is -0.115. The lowest BCUT2D eigenvalue weighted by Crippen LogP contribution is -2.28. The maximum absolute atomic E-state index is 13.0. The van der Waals surface area contributed by atoms with Gasteiger partial charge in [0.05, 0.1) is 18.8 Å². The molecule has 1 saturated carbocycles. The molecule has 3 aromatic rings. The van der Waals surface area contributed by atoms with E-state index in [2.05, 4.69) is 4.98 Å². The third-order valence-electron chi connectivity index (χ3n) is 5.11. The number of hydrogen-bond donors (Lipinski definition) is 0. The molecule has 0 amide bonds. The molecule has 0 aliphatic heterocycles. The van der Waals surface area contributed by atoms with E-state index in [4.69, 9.17) is 9.47 Å². The van der Waals surface area contributed by atoms with Crippen LogP contribution >= 0.6 is 11.3 Å². The van der Waals surface area contributed by atoms with E-state index in [1.165, 1.54) is 28.7 Å². The standard InChI is InChI=1S/C21H22N2O4S/c1-26-15-9-7-14(8-10-15)17-12-28-20-19(17)21(25)23(13-22-20)11-18(24)27-16-5-3-2-4-6-16/h7-10,12-13,16H,2-6,11H2,1H3. The molecule has 2 heterocycles. The Kier molecular flexibility index (Phi) is 5.43. The largest absolute Gasteiger partial charge is 0.497 e. The molecule has 0 bridgehead atoms. The summed E-state index contributed by atoms with van der Waals surface area (Å²) < 4.78 is 12.1. The summed E-state index contributed by atoms with van der Waals surface area (Å²) in [6, 6.07) is 7.54. The number of carbonyl (C=O) groups excluding carboxylic acids is 1. The molecule has 7 heteroatoms. The number of benzene rings is 1. The van der Waals surface area contributed by atoms with Crippen LogP contribution < -0.4 is 10.3 Å². The van der Waals surface area contributed by atoms with E-state index in [9.17, 15) is 9.59 Å². The summed E-state index contributed by atoms with van der Waals surface area (Å²) in [5, 5.41) is 2.45. The molecule has 6 nitrogen and oxygen atoms in total. The maximum Gasteiger partial charge on any atom is 0.326 e. The fourth-order valence-corrected chi connectivity index (χ4v) is 4.51. The van der Waals surface area contributed by atoms with Gasteiger partial charge in [0.15, 0.2) is 0 Å². The number of fused-ring (bicyclic) bond motifs is 1. The molecular formula is C21H22N2O4S. The summed E-state index contributed by atoms with van der Waals surface area (Å²) in [4.78, 5) is 30.4. The minimum atomic E-state index is -0.378. The highest BCUT2D eigenvalue weighted by Crippen LogP contribution is 2.31. The minimum Gasteiger partial charge on any atom is -0.497 e. The second-order valence-electron chi connectivity index (χ2n) is 6.99. The smallest absolute Gasteiger partial charge is 0.326 e. The van der Waals surface area contributed by atoms with E-state index < -0.39 is 0 Å². The lowest BCUT2D eigenvalue weighted by Gasteiger charge is -2.21. The predicted octanol–water partition coefficient (Wildman–Crippen LogP) is 4.01. The van der Waals surface area contributed by atoms with E-state index in [1.54, 1.807) is 7.11 Å². The average Bonchev–Trinajstić information content (AvgIpc) is 3.16. The Hall–Kier alpha value is -2.67. The summed E-state index contributed by atoms with van der Waals surface area (Å²) >= 11 is 1.42. The van der Waals surface area contributed by atoms with Crippen molar-refractivity contribution in [3.63, 3.8) is 0 Å². The average molecular weight is 398 g/mol. The van der Waals surface area contributed by atoms with Crippen molar-refractivity contribution in [2.75, 3.05) is 7.11 Å². The highest BCUT2D eigenvalue weighted by molar-refractivity contribution is 7.17. The van der Waals surface area contributed by atoms with Gasteiger partial charge in [0.2, 0.25) is 0 Å². The summed E-state index contributed by atoms with van der Waals surface area (Å²) in [5.74, 6) is 0.376. The zero-order chi connectivity index (χ0) is 19.5. The zero-order valence-corrected chi connectivity index (χ0v) is 16.5. The zero-order valence-electron chi connectivity index (χ0n) is 15.7. The fourth-order valence-electron chi connectivity index (χ4n) is 3.61. The van der Waals surface area contributed by atoms with Crippen LogP contribution in [0.15, 0.2) is 40.8 Å². The van der Waals surface area contributed by atoms with Gasteiger partial charge in [-0.3, -0.25) is 14.2 Å². The first-order chi connectivity index (χ1) is 13.7. The Balaban J connectivity index is 1.60. The molecule has 0 saturated heterocycles. The van der Waals surface area contributed by atoms with Gasteiger partial charge in [-0.2, -0.15) is 0 Å². The van der Waals surface area contributed by atoms with Crippen LogP contribution in [-0.4, -0.2) is 28.7 Å². The van der Waals surface area contributed by atoms with Crippen molar-refractivity contribution in [3.05, 3.63) is 46.3 Å². The van der Waals surface area contributed by atoms with Crippen molar-refractivity contribution in [1.29, 1.82) is 0 Å². The number of ether oxygens (including phenoxy) is 2. The predicted molar refractivity (Wildman–Crippen MR) is 109 cm³/mol. The third kappa shape index (κ3) is 3.80. The Labute approximate surface area is 166 Å². The molecule has 0 atom stereocenters. The first-order valence-electron chi connectivity index (χ1n) is 9.46. The van der Waals surface area contributed by atoms with Gasteiger partial charge in [-0.15, -0.1) is 11.3 Å². The number of methoxy groups -OCH3 is 1. The Morgan fingerprint density at radius 1 is 1.21 bits per heavy atom. The third-order valence-corrected chi connectivity index (χ3v) is 6.00. The number of aromatic nitrogens is 2. The Morgan fingerprint density at radius 2 is 1.96 bits per heavy atom. The molecule has 1 aliphatic rings. The van der Waals surface area contributed by atoms with Gasteiger partial charge in [-0.25, -0.2) is 4.98 Å². The summed E-state index contributed by atoms with van der Waals surface area (Å²) in [5.41, 5.74) is 1.50. The van der Waals surface area contributed by atoms with E-state index in [0.717, 1.165) is 42.6 Å². The molecule has 0 radical (unpaired) electrons. The van der Waals surface area contributed by atoms with Gasteiger partial charge in [-0.05, 0) is 43.4 Å². The van der Waals surface area contributed by atoms with Crippen molar-refractivity contribution in [1.82, 2.24) is 9.55 Å². The van der Waals surface area contributed by atoms with E-state index >= 15 is 0 Å². The number of thiophene rings is 1. The van der Waals surface area contributed by atoms with Crippen molar-refractivity contribution < 1.29 is 14.3 Å². The quantitative estimate of drug-likeness (QED) is 0.608. The number of nitrogens with zero attached hydrogens (tertiary/aromatic N) is 2. The van der Waals surface area contributed by atoms with Gasteiger partial charge < -0.3 is 9.47 Å². The van der Waals surface area contributed by atoms with Crippen molar-refractivity contribution in [2.24, 2.45) is 0 Å². The van der Waals surface area contributed by atoms with Gasteiger partial charge in [0, 0.05) is 10.9 Å². The first kappa shape index (κ1) is 18.7. The van der Waals surface area contributed by atoms with Gasteiger partial charge in [0.25, 0.3) is 5.56 Å². The van der Waals surface area contributed by atoms with Crippen LogP contribution in [0.3, 0.4) is 0 Å². The number of rotatable bonds is 5. The lowest BCUT2D eigenvalue weighted by atomic mass is 9.98. The minimum absolute atomic E-state index is 0.0235. The van der Waals surface area contributed by atoms with Crippen LogP contribution in [0.4, 0.5) is 0 Å². The molecule has 0 N–H and O–H groups in total. The summed E-state index contributed by atoms with van der Waals surface area (Å²) in [7, 11) is 1.62. The number of carbonyl (C=O) groups is 1. The fraction of sp³-hybridized carbons (Fsp3) is 0.381. The second-order valence-corrected chi connectivity index (χ2v) is 7.84. The van der Waals surface area contributed by atoms with Gasteiger partial charge in [-0.1, -0.05) is 18.6 Å². The van der Waals surface area contributed by atoms with E-state index in [-0.39, 0.29) is 24.2 Å². The highest BCUT2D eigenvalue weighted by Gasteiger charge is 2.19. The Bertz CT molecular complexity index is 1030. The van der Waals surface area contributed by atoms with Crippen LogP contribution in [0, 0.1) is 0 Å². The van der Waals surface area contributed by atoms with Crippen molar-refractivity contribution in [3.8, 4) is 16.9 Å². The van der Waals surface area contributed by atoms with Crippen molar-refractivity contribution >= 4 is 27.5 Å². The molecule has 1 fully saturated rings. The molecule has 28 heavy (non-hydrogen) atoms. The molecular weight excluding hydrogens is 376 g/mol. The van der Waals surface area contributed by atoms with Gasteiger partial charge in [0.1, 0.15) is 23.2 Å². The van der Waals surface area contributed by atoms with E-state index in [1.807, 2.05) is 29.6 Å². The normalized spacial score (nSPS) is 14.9. The van der Waals surface area contributed by atoms with Gasteiger partial charge >= 0.3 is 5.97 Å².